The standard InChI is InChI=1S/C22H27N7O/c1-5-27(6-2)11-12-28-19-10-8-7-9-18(19)25-22(28)26-21(30)17-14-23-29-16(4)13-15(3)24-20(17)29/h7-10,13-14H,5-6,11-12H2,1-4H3,(H,25,26,30). The van der Waals surface area contributed by atoms with E-state index < -0.39 is 0 Å². The summed E-state index contributed by atoms with van der Waals surface area (Å²) in [7, 11) is 0. The molecule has 0 radical (unpaired) electrons. The van der Waals surface area contributed by atoms with E-state index in [9.17, 15) is 4.79 Å². The van der Waals surface area contributed by atoms with Crippen molar-refractivity contribution in [2.45, 2.75) is 34.2 Å². The highest BCUT2D eigenvalue weighted by atomic mass is 16.1. The minimum absolute atomic E-state index is 0.262. The third-order valence-electron chi connectivity index (χ3n) is 5.44. The van der Waals surface area contributed by atoms with Crippen LogP contribution in [0.25, 0.3) is 16.7 Å². The molecule has 30 heavy (non-hydrogen) atoms. The van der Waals surface area contributed by atoms with Crippen molar-refractivity contribution in [3.8, 4) is 0 Å². The molecule has 0 fully saturated rings. The number of likely N-dealkylation sites (N-methyl/N-ethyl adjacent to an activating group) is 1. The van der Waals surface area contributed by atoms with Crippen molar-refractivity contribution in [2.24, 2.45) is 0 Å². The number of anilines is 1. The summed E-state index contributed by atoms with van der Waals surface area (Å²) in [5.41, 5.74) is 4.63. The summed E-state index contributed by atoms with van der Waals surface area (Å²) in [4.78, 5) is 24.7. The number of para-hydroxylation sites is 2. The molecule has 156 valence electrons. The second-order valence-corrected chi connectivity index (χ2v) is 7.39. The van der Waals surface area contributed by atoms with Gasteiger partial charge in [-0.2, -0.15) is 5.10 Å². The summed E-state index contributed by atoms with van der Waals surface area (Å²) in [6.45, 7) is 11.8. The number of nitrogens with one attached hydrogen (secondary N) is 1. The predicted octanol–water partition coefficient (Wildman–Crippen LogP) is 3.29. The highest BCUT2D eigenvalue weighted by Crippen LogP contribution is 2.21. The quantitative estimate of drug-likeness (QED) is 0.510. The molecular weight excluding hydrogens is 378 g/mol. The number of amides is 1. The number of imidazole rings is 1. The monoisotopic (exact) mass is 405 g/mol. The minimum atomic E-state index is -0.262. The van der Waals surface area contributed by atoms with E-state index in [-0.39, 0.29) is 5.91 Å². The molecule has 4 aromatic rings. The van der Waals surface area contributed by atoms with Crippen molar-refractivity contribution in [1.29, 1.82) is 0 Å². The molecule has 8 heteroatoms. The maximum absolute atomic E-state index is 13.1. The van der Waals surface area contributed by atoms with E-state index in [0.29, 0.717) is 17.2 Å². The number of carbonyl (C=O) groups is 1. The van der Waals surface area contributed by atoms with E-state index in [4.69, 9.17) is 0 Å². The van der Waals surface area contributed by atoms with E-state index in [1.807, 2.05) is 44.2 Å². The fraction of sp³-hybridized carbons (Fsp3) is 0.364. The van der Waals surface area contributed by atoms with Gasteiger partial charge >= 0.3 is 0 Å². The van der Waals surface area contributed by atoms with Crippen LogP contribution in [0.15, 0.2) is 36.5 Å². The molecule has 8 nitrogen and oxygen atoms in total. The van der Waals surface area contributed by atoms with E-state index in [1.54, 1.807) is 10.7 Å². The number of fused-ring (bicyclic) bond motifs is 2. The van der Waals surface area contributed by atoms with E-state index in [0.717, 1.165) is 48.6 Å². The fourth-order valence-corrected chi connectivity index (χ4v) is 3.78. The molecule has 1 amide bonds. The summed E-state index contributed by atoms with van der Waals surface area (Å²) in [6, 6.07) is 9.88. The normalized spacial score (nSPS) is 11.6. The summed E-state index contributed by atoms with van der Waals surface area (Å²) >= 11 is 0. The third-order valence-corrected chi connectivity index (χ3v) is 5.44. The van der Waals surface area contributed by atoms with Crippen LogP contribution in [0.2, 0.25) is 0 Å². The average molecular weight is 406 g/mol. The van der Waals surface area contributed by atoms with Crippen LogP contribution in [-0.2, 0) is 6.54 Å². The van der Waals surface area contributed by atoms with Crippen molar-refractivity contribution in [3.05, 3.63) is 53.5 Å². The summed E-state index contributed by atoms with van der Waals surface area (Å²) in [5, 5.41) is 7.32. The number of carbonyl (C=O) groups excluding carboxylic acids is 1. The zero-order valence-corrected chi connectivity index (χ0v) is 17.9. The molecule has 4 rings (SSSR count). The first kappa shape index (κ1) is 20.0. The Labute approximate surface area is 175 Å². The van der Waals surface area contributed by atoms with Gasteiger partial charge in [-0.1, -0.05) is 26.0 Å². The van der Waals surface area contributed by atoms with Crippen molar-refractivity contribution < 1.29 is 4.79 Å². The molecule has 0 saturated carbocycles. The first-order chi connectivity index (χ1) is 14.5. The SMILES string of the molecule is CCN(CC)CCn1c(NC(=O)c2cnn3c(C)cc(C)nc23)nc2ccccc21. The van der Waals surface area contributed by atoms with Crippen LogP contribution in [0.5, 0.6) is 0 Å². The van der Waals surface area contributed by atoms with Crippen LogP contribution in [0.1, 0.15) is 35.6 Å². The summed E-state index contributed by atoms with van der Waals surface area (Å²) in [6.07, 6.45) is 1.56. The van der Waals surface area contributed by atoms with E-state index in [1.165, 1.54) is 0 Å². The van der Waals surface area contributed by atoms with Gasteiger partial charge in [-0.25, -0.2) is 14.5 Å². The molecule has 0 unspecified atom stereocenters. The lowest BCUT2D eigenvalue weighted by Crippen LogP contribution is -2.27. The van der Waals surface area contributed by atoms with E-state index >= 15 is 0 Å². The van der Waals surface area contributed by atoms with Crippen LogP contribution >= 0.6 is 0 Å². The van der Waals surface area contributed by atoms with Gasteiger partial charge in [0.15, 0.2) is 5.65 Å². The maximum Gasteiger partial charge on any atom is 0.263 e. The topological polar surface area (TPSA) is 80.3 Å². The number of rotatable bonds is 7. The average Bonchev–Trinajstić information content (AvgIpc) is 3.30. The van der Waals surface area contributed by atoms with Gasteiger partial charge in [-0.15, -0.1) is 0 Å². The number of aryl methyl sites for hydroxylation is 2. The van der Waals surface area contributed by atoms with Crippen molar-refractivity contribution in [2.75, 3.05) is 25.0 Å². The van der Waals surface area contributed by atoms with Crippen molar-refractivity contribution in [1.82, 2.24) is 29.0 Å². The van der Waals surface area contributed by atoms with Crippen LogP contribution in [0.4, 0.5) is 5.95 Å². The molecule has 0 atom stereocenters. The minimum Gasteiger partial charge on any atom is -0.309 e. The van der Waals surface area contributed by atoms with Gasteiger partial charge in [-0.3, -0.25) is 10.1 Å². The highest BCUT2D eigenvalue weighted by Gasteiger charge is 2.19. The summed E-state index contributed by atoms with van der Waals surface area (Å²) in [5.74, 6) is 0.277. The Morgan fingerprint density at radius 1 is 1.13 bits per heavy atom. The van der Waals surface area contributed by atoms with Crippen LogP contribution < -0.4 is 5.32 Å². The molecule has 1 N–H and O–H groups in total. The lowest BCUT2D eigenvalue weighted by Gasteiger charge is -2.19. The van der Waals surface area contributed by atoms with Crippen LogP contribution in [-0.4, -0.2) is 54.6 Å². The molecule has 0 aliphatic rings. The van der Waals surface area contributed by atoms with Gasteiger partial charge < -0.3 is 9.47 Å². The van der Waals surface area contributed by atoms with Crippen molar-refractivity contribution in [3.63, 3.8) is 0 Å². The third kappa shape index (κ3) is 3.66. The van der Waals surface area contributed by atoms with Gasteiger partial charge in [0.25, 0.3) is 5.91 Å². The fourth-order valence-electron chi connectivity index (χ4n) is 3.78. The number of aromatic nitrogens is 5. The van der Waals surface area contributed by atoms with Gasteiger partial charge in [0.1, 0.15) is 5.56 Å². The Hall–Kier alpha value is -3.26. The first-order valence-corrected chi connectivity index (χ1v) is 10.3. The van der Waals surface area contributed by atoms with Gasteiger partial charge in [-0.05, 0) is 45.1 Å². The number of hydrogen-bond acceptors (Lipinski definition) is 5. The molecule has 0 aliphatic heterocycles. The zero-order valence-electron chi connectivity index (χ0n) is 17.9. The highest BCUT2D eigenvalue weighted by molar-refractivity contribution is 6.08. The van der Waals surface area contributed by atoms with Gasteiger partial charge in [0, 0.05) is 24.5 Å². The zero-order chi connectivity index (χ0) is 21.3. The maximum atomic E-state index is 13.1. The number of nitrogens with zero attached hydrogens (tertiary/aromatic N) is 6. The van der Waals surface area contributed by atoms with Crippen LogP contribution in [0, 0.1) is 13.8 Å². The van der Waals surface area contributed by atoms with Crippen LogP contribution in [0.3, 0.4) is 0 Å². The van der Waals surface area contributed by atoms with E-state index in [2.05, 4.69) is 43.7 Å². The smallest absolute Gasteiger partial charge is 0.263 e. The number of hydrogen-bond donors (Lipinski definition) is 1. The molecule has 3 aromatic heterocycles. The van der Waals surface area contributed by atoms with Gasteiger partial charge in [0.2, 0.25) is 5.95 Å². The number of benzene rings is 1. The molecular formula is C22H27N7O. The van der Waals surface area contributed by atoms with Crippen molar-refractivity contribution >= 4 is 28.5 Å². The molecule has 0 saturated heterocycles. The Morgan fingerprint density at radius 3 is 2.67 bits per heavy atom. The lowest BCUT2D eigenvalue weighted by molar-refractivity contribution is 0.102. The molecule has 3 heterocycles. The largest absolute Gasteiger partial charge is 0.309 e. The molecule has 0 spiro atoms. The first-order valence-electron chi connectivity index (χ1n) is 10.3. The summed E-state index contributed by atoms with van der Waals surface area (Å²) < 4.78 is 3.76. The van der Waals surface area contributed by atoms with Gasteiger partial charge in [0.05, 0.1) is 17.2 Å². The Kier molecular flexibility index (Phi) is 5.50. The lowest BCUT2D eigenvalue weighted by atomic mass is 10.3. The Balaban J connectivity index is 1.68. The Morgan fingerprint density at radius 2 is 1.90 bits per heavy atom. The second-order valence-electron chi connectivity index (χ2n) is 7.39. The molecule has 0 aliphatic carbocycles. The molecule has 1 aromatic carbocycles. The second kappa shape index (κ2) is 8.23. The predicted molar refractivity (Wildman–Crippen MR) is 118 cm³/mol. The molecule has 0 bridgehead atoms. The Bertz CT molecular complexity index is 1200.